The third-order valence-electron chi connectivity index (χ3n) is 5.66. The van der Waals surface area contributed by atoms with Gasteiger partial charge in [-0.1, -0.05) is 0 Å². The highest BCUT2D eigenvalue weighted by Crippen LogP contribution is 2.17. The number of piperazine rings is 2. The third-order valence-corrected chi connectivity index (χ3v) is 5.66. The maximum Gasteiger partial charge on any atom is 0.409 e. The van der Waals surface area contributed by atoms with Crippen LogP contribution in [0.2, 0.25) is 0 Å². The molecule has 180 valence electrons. The lowest BCUT2D eigenvalue weighted by Gasteiger charge is -2.38. The van der Waals surface area contributed by atoms with Crippen LogP contribution < -0.4 is 15.4 Å². The Balaban J connectivity index is 1.54. The minimum atomic E-state index is -0.870. The van der Waals surface area contributed by atoms with E-state index < -0.39 is 6.04 Å². The van der Waals surface area contributed by atoms with Crippen molar-refractivity contribution < 1.29 is 28.7 Å². The summed E-state index contributed by atoms with van der Waals surface area (Å²) in [5.41, 5.74) is 0.578. The van der Waals surface area contributed by atoms with E-state index in [1.807, 2.05) is 4.90 Å². The van der Waals surface area contributed by atoms with E-state index >= 15 is 0 Å². The van der Waals surface area contributed by atoms with Crippen LogP contribution in [-0.2, 0) is 19.1 Å². The Morgan fingerprint density at radius 1 is 1.09 bits per heavy atom. The molecule has 1 aromatic rings. The molecule has 0 saturated carbocycles. The Labute approximate surface area is 193 Å². The minimum Gasteiger partial charge on any atom is -0.497 e. The van der Waals surface area contributed by atoms with Crippen LogP contribution in [0, 0.1) is 0 Å². The normalized spacial score (nSPS) is 19.0. The molecule has 33 heavy (non-hydrogen) atoms. The molecule has 2 heterocycles. The fraction of sp³-hybridized carbons (Fsp3) is 0.545. The highest BCUT2D eigenvalue weighted by atomic mass is 16.6. The molecule has 4 amide bonds. The molecule has 11 nitrogen and oxygen atoms in total. The van der Waals surface area contributed by atoms with Gasteiger partial charge in [0.1, 0.15) is 11.8 Å². The van der Waals surface area contributed by atoms with Gasteiger partial charge >= 0.3 is 6.09 Å². The zero-order chi connectivity index (χ0) is 23.8. The van der Waals surface area contributed by atoms with Gasteiger partial charge in [0.05, 0.1) is 26.7 Å². The molecular weight excluding hydrogens is 430 g/mol. The maximum absolute atomic E-state index is 13.0. The summed E-state index contributed by atoms with van der Waals surface area (Å²) in [6.07, 6.45) is -0.487. The molecule has 2 saturated heterocycles. The molecule has 0 aromatic heterocycles. The number of anilines is 1. The van der Waals surface area contributed by atoms with E-state index in [0.717, 1.165) is 0 Å². The van der Waals surface area contributed by atoms with E-state index in [0.29, 0.717) is 57.3 Å². The molecule has 2 N–H and O–H groups in total. The first-order valence-electron chi connectivity index (χ1n) is 11.1. The Morgan fingerprint density at radius 2 is 1.79 bits per heavy atom. The van der Waals surface area contributed by atoms with Gasteiger partial charge in [-0.3, -0.25) is 19.3 Å². The van der Waals surface area contributed by atoms with Crippen LogP contribution in [0.15, 0.2) is 24.3 Å². The number of ether oxygens (including phenoxy) is 2. The van der Waals surface area contributed by atoms with E-state index in [4.69, 9.17) is 9.47 Å². The summed E-state index contributed by atoms with van der Waals surface area (Å²) in [7, 11) is 1.56. The number of nitrogens with zero attached hydrogens (tertiary/aromatic N) is 3. The molecule has 0 radical (unpaired) electrons. The molecule has 3 rings (SSSR count). The van der Waals surface area contributed by atoms with Gasteiger partial charge in [0, 0.05) is 45.0 Å². The average molecular weight is 462 g/mol. The van der Waals surface area contributed by atoms with Crippen LogP contribution >= 0.6 is 0 Å². The Kier molecular flexibility index (Phi) is 8.47. The number of carbonyl (C=O) groups is 4. The molecule has 0 spiro atoms. The zero-order valence-electron chi connectivity index (χ0n) is 19.0. The number of hydrogen-bond donors (Lipinski definition) is 2. The molecular formula is C22H31N5O6. The largest absolute Gasteiger partial charge is 0.497 e. The number of rotatable bonds is 7. The SMILES string of the molecule is CCOC(=O)N1CCN(CC(=O)N2CCNC(=O)[C@@H]2CC(=O)Nc2ccc(OC)cc2)CC1. The standard InChI is InChI=1S/C22H31N5O6/c1-3-33-22(31)26-12-10-25(11-13-26)15-20(29)27-9-8-23-21(30)18(27)14-19(28)24-16-4-6-17(32-2)7-5-16/h4-7,18H,3,8-15H2,1-2H3,(H,23,30)(H,24,28)/t18-/m0/s1. The van der Waals surface area contributed by atoms with Crippen LogP contribution in [0.5, 0.6) is 5.75 Å². The first-order valence-corrected chi connectivity index (χ1v) is 11.1. The van der Waals surface area contributed by atoms with Crippen molar-refractivity contribution in [2.45, 2.75) is 19.4 Å². The monoisotopic (exact) mass is 461 g/mol. The second kappa shape index (κ2) is 11.5. The number of hydrogen-bond acceptors (Lipinski definition) is 7. The van der Waals surface area contributed by atoms with Gasteiger partial charge in [-0.15, -0.1) is 0 Å². The predicted octanol–water partition coefficient (Wildman–Crippen LogP) is 0.125. The molecule has 2 fully saturated rings. The van der Waals surface area contributed by atoms with E-state index in [-0.39, 0.29) is 36.8 Å². The van der Waals surface area contributed by atoms with Gasteiger partial charge in [0.15, 0.2) is 0 Å². The van der Waals surface area contributed by atoms with Crippen LogP contribution in [0.25, 0.3) is 0 Å². The topological polar surface area (TPSA) is 121 Å². The molecule has 1 aromatic carbocycles. The molecule has 0 unspecified atom stereocenters. The number of amides is 4. The first kappa shape index (κ1) is 24.3. The van der Waals surface area contributed by atoms with E-state index in [1.54, 1.807) is 43.2 Å². The summed E-state index contributed by atoms with van der Waals surface area (Å²) >= 11 is 0. The minimum absolute atomic E-state index is 0.126. The van der Waals surface area contributed by atoms with Crippen molar-refractivity contribution in [3.05, 3.63) is 24.3 Å². The van der Waals surface area contributed by atoms with Gasteiger partial charge < -0.3 is 29.9 Å². The Morgan fingerprint density at radius 3 is 2.42 bits per heavy atom. The summed E-state index contributed by atoms with van der Waals surface area (Å²) in [5, 5.41) is 5.49. The van der Waals surface area contributed by atoms with Gasteiger partial charge in [-0.25, -0.2) is 4.79 Å². The lowest BCUT2D eigenvalue weighted by atomic mass is 10.1. The Hall–Kier alpha value is -3.34. The van der Waals surface area contributed by atoms with Crippen LogP contribution in [0.1, 0.15) is 13.3 Å². The second-order valence-electron chi connectivity index (χ2n) is 7.84. The molecule has 2 aliphatic heterocycles. The smallest absolute Gasteiger partial charge is 0.409 e. The van der Waals surface area contributed by atoms with Crippen molar-refractivity contribution in [1.82, 2.24) is 20.0 Å². The summed E-state index contributed by atoms with van der Waals surface area (Å²) in [6.45, 7) is 4.91. The van der Waals surface area contributed by atoms with Crippen molar-refractivity contribution in [1.29, 1.82) is 0 Å². The molecule has 1 atom stereocenters. The predicted molar refractivity (Wildman–Crippen MR) is 120 cm³/mol. The van der Waals surface area contributed by atoms with Crippen molar-refractivity contribution in [3.8, 4) is 5.75 Å². The van der Waals surface area contributed by atoms with Gasteiger partial charge in [0.2, 0.25) is 17.7 Å². The summed E-state index contributed by atoms with van der Waals surface area (Å²) < 4.78 is 10.1. The molecule has 11 heteroatoms. The van der Waals surface area contributed by atoms with E-state index in [1.165, 1.54) is 4.90 Å². The van der Waals surface area contributed by atoms with Gasteiger partial charge in [-0.05, 0) is 31.2 Å². The molecule has 0 bridgehead atoms. The van der Waals surface area contributed by atoms with E-state index in [2.05, 4.69) is 10.6 Å². The third kappa shape index (κ3) is 6.58. The van der Waals surface area contributed by atoms with Gasteiger partial charge in [-0.2, -0.15) is 0 Å². The van der Waals surface area contributed by atoms with E-state index in [9.17, 15) is 19.2 Å². The summed E-state index contributed by atoms with van der Waals surface area (Å²) in [5.74, 6) is -0.245. The molecule has 2 aliphatic rings. The lowest BCUT2D eigenvalue weighted by Crippen LogP contribution is -2.60. The first-order chi connectivity index (χ1) is 15.9. The highest BCUT2D eigenvalue weighted by molar-refractivity contribution is 5.97. The van der Waals surface area contributed by atoms with Crippen LogP contribution in [0.4, 0.5) is 10.5 Å². The fourth-order valence-corrected chi connectivity index (χ4v) is 3.86. The number of nitrogens with one attached hydrogen (secondary N) is 2. The number of carbonyl (C=O) groups excluding carboxylic acids is 4. The van der Waals surface area contributed by atoms with Gasteiger partial charge in [0.25, 0.3) is 0 Å². The van der Waals surface area contributed by atoms with Crippen molar-refractivity contribution in [2.24, 2.45) is 0 Å². The average Bonchev–Trinajstić information content (AvgIpc) is 2.81. The quantitative estimate of drug-likeness (QED) is 0.592. The second-order valence-corrected chi connectivity index (χ2v) is 7.84. The fourth-order valence-electron chi connectivity index (χ4n) is 3.86. The zero-order valence-corrected chi connectivity index (χ0v) is 19.0. The van der Waals surface area contributed by atoms with Crippen LogP contribution in [-0.4, -0.2) is 104 Å². The van der Waals surface area contributed by atoms with Crippen molar-refractivity contribution in [2.75, 3.05) is 64.8 Å². The highest BCUT2D eigenvalue weighted by Gasteiger charge is 2.35. The van der Waals surface area contributed by atoms with Crippen molar-refractivity contribution in [3.63, 3.8) is 0 Å². The molecule has 0 aliphatic carbocycles. The van der Waals surface area contributed by atoms with Crippen LogP contribution in [0.3, 0.4) is 0 Å². The van der Waals surface area contributed by atoms with Crippen molar-refractivity contribution >= 4 is 29.5 Å². The summed E-state index contributed by atoms with van der Waals surface area (Å²) in [6, 6.07) is 5.99. The number of methoxy groups -OCH3 is 1. The lowest BCUT2D eigenvalue weighted by molar-refractivity contribution is -0.145. The number of benzene rings is 1. The Bertz CT molecular complexity index is 853. The maximum atomic E-state index is 13.0. The summed E-state index contributed by atoms with van der Waals surface area (Å²) in [4.78, 5) is 54.9.